The van der Waals surface area contributed by atoms with Gasteiger partial charge in [0.25, 0.3) is 15.8 Å². The van der Waals surface area contributed by atoms with Gasteiger partial charge in [-0.3, -0.25) is 14.3 Å². The lowest BCUT2D eigenvalue weighted by atomic mass is 10.3. The average molecular weight is 249 g/mol. The van der Waals surface area contributed by atoms with Crippen molar-refractivity contribution in [1.29, 1.82) is 0 Å². The number of nitrogens with zero attached hydrogens (tertiary/aromatic N) is 1. The minimum atomic E-state index is -3.91. The molecule has 0 N–H and O–H groups in total. The summed E-state index contributed by atoms with van der Waals surface area (Å²) in [7, 11) is -2.93. The fourth-order valence-corrected chi connectivity index (χ4v) is 1.81. The Morgan fingerprint density at radius 3 is 2.53 bits per heavy atom. The first-order valence-corrected chi connectivity index (χ1v) is 5.52. The van der Waals surface area contributed by atoms with Crippen LogP contribution in [0.25, 0.3) is 0 Å². The van der Waals surface area contributed by atoms with Gasteiger partial charge in [-0.2, -0.15) is 8.42 Å². The Labute approximate surface area is 91.6 Å². The monoisotopic (exact) mass is 249 g/mol. The summed E-state index contributed by atoms with van der Waals surface area (Å²) in [5, 5.41) is 10.5. The molecule has 1 rings (SSSR count). The second-order valence-corrected chi connectivity index (χ2v) is 4.72. The fraction of sp³-hybridized carbons (Fsp3) is 0.143. The maximum absolute atomic E-state index is 11.2. The number of nitro benzene ring substituents is 1. The predicted molar refractivity (Wildman–Crippen MR) is 54.5 cm³/mol. The molecule has 0 radical (unpaired) electrons. The lowest BCUT2D eigenvalue weighted by molar-refractivity contribution is -0.387. The quantitative estimate of drug-likeness (QED) is 0.376. The van der Waals surface area contributed by atoms with Crippen molar-refractivity contribution in [2.45, 2.75) is 9.79 Å². The number of thiol groups is 1. The van der Waals surface area contributed by atoms with Gasteiger partial charge in [0.2, 0.25) is 0 Å². The van der Waals surface area contributed by atoms with E-state index in [1.165, 1.54) is 12.1 Å². The van der Waals surface area contributed by atoms with Gasteiger partial charge < -0.3 is 0 Å². The Balaban J connectivity index is 3.38. The van der Waals surface area contributed by atoms with Crippen molar-refractivity contribution in [2.75, 3.05) is 7.11 Å². The normalized spacial score (nSPS) is 11.3. The van der Waals surface area contributed by atoms with Crippen LogP contribution in [0.1, 0.15) is 0 Å². The summed E-state index contributed by atoms with van der Waals surface area (Å²) in [5.41, 5.74) is -0.378. The summed E-state index contributed by atoms with van der Waals surface area (Å²) < 4.78 is 26.7. The molecule has 0 aromatic heterocycles. The Bertz CT molecular complexity index is 496. The highest BCUT2D eigenvalue weighted by atomic mass is 32.2. The van der Waals surface area contributed by atoms with Crippen molar-refractivity contribution in [3.05, 3.63) is 28.3 Å². The lowest BCUT2D eigenvalue weighted by Crippen LogP contribution is -2.03. The highest BCUT2D eigenvalue weighted by Gasteiger charge is 2.19. The minimum Gasteiger partial charge on any atom is -0.270 e. The molecule has 0 heterocycles. The lowest BCUT2D eigenvalue weighted by Gasteiger charge is -2.02. The maximum atomic E-state index is 11.2. The number of hydrogen-bond donors (Lipinski definition) is 1. The van der Waals surface area contributed by atoms with Gasteiger partial charge in [0.1, 0.15) is 4.90 Å². The molecule has 0 spiro atoms. The molecular formula is C7H7NO5S2. The summed E-state index contributed by atoms with van der Waals surface area (Å²) in [4.78, 5) is 9.62. The fourth-order valence-electron chi connectivity index (χ4n) is 0.901. The van der Waals surface area contributed by atoms with Gasteiger partial charge in [-0.1, -0.05) is 0 Å². The van der Waals surface area contributed by atoms with Crippen molar-refractivity contribution >= 4 is 28.4 Å². The largest absolute Gasteiger partial charge is 0.296 e. The van der Waals surface area contributed by atoms with E-state index in [4.69, 9.17) is 0 Å². The van der Waals surface area contributed by atoms with E-state index in [9.17, 15) is 18.5 Å². The molecule has 0 aliphatic rings. The third-order valence-corrected chi connectivity index (χ3v) is 3.30. The first-order chi connectivity index (χ1) is 6.88. The van der Waals surface area contributed by atoms with Crippen LogP contribution < -0.4 is 0 Å². The molecule has 0 saturated carbocycles. The van der Waals surface area contributed by atoms with Crippen LogP contribution in [0, 0.1) is 10.1 Å². The van der Waals surface area contributed by atoms with E-state index in [0.29, 0.717) is 0 Å². The average Bonchev–Trinajstić information content (AvgIpc) is 2.17. The number of hydrogen-bond acceptors (Lipinski definition) is 6. The van der Waals surface area contributed by atoms with Crippen molar-refractivity contribution < 1.29 is 17.5 Å². The van der Waals surface area contributed by atoms with E-state index in [0.717, 1.165) is 13.2 Å². The first kappa shape index (κ1) is 12.0. The van der Waals surface area contributed by atoms with Gasteiger partial charge in [-0.25, -0.2) is 0 Å². The molecule has 0 saturated heterocycles. The molecular weight excluding hydrogens is 242 g/mol. The van der Waals surface area contributed by atoms with Gasteiger partial charge in [0, 0.05) is 6.07 Å². The molecule has 82 valence electrons. The summed E-state index contributed by atoms with van der Waals surface area (Å²) >= 11 is 3.83. The Morgan fingerprint density at radius 1 is 1.47 bits per heavy atom. The Morgan fingerprint density at radius 2 is 2.07 bits per heavy atom. The van der Waals surface area contributed by atoms with Gasteiger partial charge in [0.15, 0.2) is 0 Å². The SMILES string of the molecule is COS(=O)(=O)c1ccc(S)c([N+](=O)[O-])c1. The molecule has 15 heavy (non-hydrogen) atoms. The van der Waals surface area contributed by atoms with E-state index in [1.54, 1.807) is 0 Å². The van der Waals surface area contributed by atoms with Crippen LogP contribution in [0.5, 0.6) is 0 Å². The number of rotatable bonds is 3. The molecule has 0 amide bonds. The molecule has 1 aromatic carbocycles. The van der Waals surface area contributed by atoms with E-state index < -0.39 is 15.0 Å². The topological polar surface area (TPSA) is 86.5 Å². The van der Waals surface area contributed by atoms with Crippen molar-refractivity contribution in [3.63, 3.8) is 0 Å². The summed E-state index contributed by atoms with van der Waals surface area (Å²) in [5.74, 6) is 0. The first-order valence-electron chi connectivity index (χ1n) is 3.66. The third-order valence-electron chi connectivity index (χ3n) is 1.65. The van der Waals surface area contributed by atoms with Gasteiger partial charge >= 0.3 is 0 Å². The molecule has 6 nitrogen and oxygen atoms in total. The van der Waals surface area contributed by atoms with Crippen LogP contribution in [-0.4, -0.2) is 20.5 Å². The minimum absolute atomic E-state index is 0.0926. The van der Waals surface area contributed by atoms with Gasteiger partial charge in [-0.15, -0.1) is 12.6 Å². The van der Waals surface area contributed by atoms with E-state index in [1.807, 2.05) is 0 Å². The van der Waals surface area contributed by atoms with Crippen molar-refractivity contribution in [3.8, 4) is 0 Å². The zero-order valence-corrected chi connectivity index (χ0v) is 9.29. The summed E-state index contributed by atoms with van der Waals surface area (Å²) in [6.07, 6.45) is 0. The molecule has 1 aromatic rings. The third kappa shape index (κ3) is 2.46. The summed E-state index contributed by atoms with van der Waals surface area (Å²) in [6, 6.07) is 3.32. The zero-order valence-electron chi connectivity index (χ0n) is 7.58. The van der Waals surface area contributed by atoms with E-state index in [-0.39, 0.29) is 15.5 Å². The molecule has 0 atom stereocenters. The Kier molecular flexibility index (Phi) is 3.32. The van der Waals surface area contributed by atoms with E-state index in [2.05, 4.69) is 16.8 Å². The zero-order chi connectivity index (χ0) is 11.6. The van der Waals surface area contributed by atoms with Crippen molar-refractivity contribution in [2.24, 2.45) is 0 Å². The molecule has 0 unspecified atom stereocenters. The second kappa shape index (κ2) is 4.17. The van der Waals surface area contributed by atoms with E-state index >= 15 is 0 Å². The standard InChI is InChI=1S/C7H7NO5S2/c1-13-15(11,12)5-2-3-7(14)6(4-5)8(9)10/h2-4,14H,1H3. The molecule has 0 aliphatic carbocycles. The molecule has 0 bridgehead atoms. The van der Waals surface area contributed by atoms with Crippen LogP contribution in [0.4, 0.5) is 5.69 Å². The highest BCUT2D eigenvalue weighted by Crippen LogP contribution is 2.26. The number of nitro groups is 1. The van der Waals surface area contributed by atoms with Crippen LogP contribution in [-0.2, 0) is 14.3 Å². The van der Waals surface area contributed by atoms with Crippen LogP contribution in [0.15, 0.2) is 28.0 Å². The maximum Gasteiger partial charge on any atom is 0.296 e. The predicted octanol–water partition coefficient (Wildman–Crippen LogP) is 1.22. The number of benzene rings is 1. The van der Waals surface area contributed by atoms with Gasteiger partial charge in [0.05, 0.1) is 16.9 Å². The molecule has 0 aliphatic heterocycles. The summed E-state index contributed by atoms with van der Waals surface area (Å²) in [6.45, 7) is 0. The highest BCUT2D eigenvalue weighted by molar-refractivity contribution is 7.86. The van der Waals surface area contributed by atoms with Crippen molar-refractivity contribution in [1.82, 2.24) is 0 Å². The van der Waals surface area contributed by atoms with Crippen LogP contribution in [0.3, 0.4) is 0 Å². The smallest absolute Gasteiger partial charge is 0.270 e. The van der Waals surface area contributed by atoms with Gasteiger partial charge in [-0.05, 0) is 12.1 Å². The Hall–Kier alpha value is -1.12. The second-order valence-electron chi connectivity index (χ2n) is 2.53. The molecule has 8 heteroatoms. The molecule has 0 fully saturated rings. The van der Waals surface area contributed by atoms with Crippen LogP contribution in [0.2, 0.25) is 0 Å². The van der Waals surface area contributed by atoms with Crippen LogP contribution >= 0.6 is 12.6 Å².